The van der Waals surface area contributed by atoms with E-state index in [0.717, 1.165) is 24.6 Å². The Labute approximate surface area is 110 Å². The van der Waals surface area contributed by atoms with Crippen molar-refractivity contribution in [2.24, 2.45) is 0 Å². The molecule has 0 radical (unpaired) electrons. The number of nitrogens with one attached hydrogen (secondary N) is 1. The number of rotatable bonds is 3. The van der Waals surface area contributed by atoms with Gasteiger partial charge in [0.25, 0.3) is 0 Å². The third kappa shape index (κ3) is 3.42. The van der Waals surface area contributed by atoms with E-state index in [4.69, 9.17) is 0 Å². The normalized spacial score (nSPS) is 20.4. The van der Waals surface area contributed by atoms with Gasteiger partial charge in [-0.3, -0.25) is 4.98 Å². The Hall–Kier alpha value is -1.16. The molecule has 1 saturated heterocycles. The molecule has 1 atom stereocenters. The molecule has 4 nitrogen and oxygen atoms in total. The molecule has 1 unspecified atom stereocenters. The highest BCUT2D eigenvalue weighted by molar-refractivity contribution is 5.38. The summed E-state index contributed by atoms with van der Waals surface area (Å²) < 4.78 is 0. The molecular weight excluding hydrogens is 224 g/mol. The van der Waals surface area contributed by atoms with Crippen LogP contribution in [-0.4, -0.2) is 28.1 Å². The minimum Gasteiger partial charge on any atom is -0.353 e. The molecule has 0 amide bonds. The molecular formula is C14H24N4. The number of aromatic nitrogens is 2. The first-order valence-corrected chi connectivity index (χ1v) is 6.78. The maximum Gasteiger partial charge on any atom is 0.147 e. The summed E-state index contributed by atoms with van der Waals surface area (Å²) in [4.78, 5) is 11.4. The van der Waals surface area contributed by atoms with Crippen LogP contribution in [0.2, 0.25) is 0 Å². The summed E-state index contributed by atoms with van der Waals surface area (Å²) >= 11 is 0. The van der Waals surface area contributed by atoms with Crippen molar-refractivity contribution in [2.45, 2.75) is 58.7 Å². The molecule has 4 heteroatoms. The Morgan fingerprint density at radius 1 is 1.33 bits per heavy atom. The van der Waals surface area contributed by atoms with Gasteiger partial charge in [-0.2, -0.15) is 0 Å². The van der Waals surface area contributed by atoms with Gasteiger partial charge < -0.3 is 10.2 Å². The Morgan fingerprint density at radius 2 is 2.11 bits per heavy atom. The minimum atomic E-state index is 0.115. The lowest BCUT2D eigenvalue weighted by molar-refractivity contribution is 0.421. The fourth-order valence-electron chi connectivity index (χ4n) is 2.22. The van der Waals surface area contributed by atoms with Crippen molar-refractivity contribution in [3.8, 4) is 0 Å². The van der Waals surface area contributed by atoms with Gasteiger partial charge in [-0.1, -0.05) is 0 Å². The van der Waals surface area contributed by atoms with Gasteiger partial charge in [0.1, 0.15) is 5.82 Å². The van der Waals surface area contributed by atoms with Gasteiger partial charge in [0.15, 0.2) is 0 Å². The van der Waals surface area contributed by atoms with Crippen LogP contribution in [0.4, 0.5) is 5.82 Å². The zero-order chi connectivity index (χ0) is 13.2. The largest absolute Gasteiger partial charge is 0.353 e. The number of hydrogen-bond acceptors (Lipinski definition) is 4. The fourth-order valence-corrected chi connectivity index (χ4v) is 2.22. The number of hydrogen-bond donors (Lipinski definition) is 1. The summed E-state index contributed by atoms with van der Waals surface area (Å²) in [6, 6.07) is 0.595. The zero-order valence-corrected chi connectivity index (χ0v) is 11.9. The maximum absolute atomic E-state index is 4.54. The summed E-state index contributed by atoms with van der Waals surface area (Å²) in [5, 5.41) is 3.42. The van der Waals surface area contributed by atoms with Gasteiger partial charge in [0, 0.05) is 24.7 Å². The van der Waals surface area contributed by atoms with Crippen molar-refractivity contribution in [3.63, 3.8) is 0 Å². The van der Waals surface area contributed by atoms with Crippen LogP contribution in [0.3, 0.4) is 0 Å². The van der Waals surface area contributed by atoms with Crippen LogP contribution in [0.5, 0.6) is 0 Å². The van der Waals surface area contributed by atoms with Crippen molar-refractivity contribution in [1.82, 2.24) is 15.3 Å². The third-order valence-corrected chi connectivity index (χ3v) is 3.34. The van der Waals surface area contributed by atoms with Gasteiger partial charge in [0.05, 0.1) is 18.1 Å². The van der Waals surface area contributed by atoms with Crippen molar-refractivity contribution >= 4 is 5.82 Å². The highest BCUT2D eigenvalue weighted by Crippen LogP contribution is 2.22. The first-order valence-electron chi connectivity index (χ1n) is 6.78. The van der Waals surface area contributed by atoms with E-state index < -0.39 is 0 Å². The lowest BCUT2D eigenvalue weighted by Gasteiger charge is -2.23. The summed E-state index contributed by atoms with van der Waals surface area (Å²) in [7, 11) is 0. The third-order valence-electron chi connectivity index (χ3n) is 3.34. The predicted molar refractivity (Wildman–Crippen MR) is 74.7 cm³/mol. The first-order chi connectivity index (χ1) is 8.46. The van der Waals surface area contributed by atoms with E-state index in [2.05, 4.69) is 47.9 Å². The Bertz CT molecular complexity index is 380. The number of nitrogens with zero attached hydrogens (tertiary/aromatic N) is 3. The molecule has 2 rings (SSSR count). The van der Waals surface area contributed by atoms with E-state index in [-0.39, 0.29) is 5.54 Å². The predicted octanol–water partition coefficient (Wildman–Crippen LogP) is 2.35. The highest BCUT2D eigenvalue weighted by atomic mass is 15.2. The molecule has 18 heavy (non-hydrogen) atoms. The lowest BCUT2D eigenvalue weighted by Crippen LogP contribution is -2.35. The quantitative estimate of drug-likeness (QED) is 0.891. The van der Waals surface area contributed by atoms with E-state index in [1.165, 1.54) is 12.8 Å². The van der Waals surface area contributed by atoms with Gasteiger partial charge in [0.2, 0.25) is 0 Å². The molecule has 0 bridgehead atoms. The SMILES string of the molecule is CC1CCCN1c1cnc(CNC(C)(C)C)cn1. The van der Waals surface area contributed by atoms with Crippen LogP contribution in [0, 0.1) is 0 Å². The Kier molecular flexibility index (Phi) is 3.85. The second-order valence-electron chi connectivity index (χ2n) is 6.15. The van der Waals surface area contributed by atoms with Crippen molar-refractivity contribution in [3.05, 3.63) is 18.1 Å². The van der Waals surface area contributed by atoms with Gasteiger partial charge >= 0.3 is 0 Å². The average Bonchev–Trinajstić information content (AvgIpc) is 2.73. The van der Waals surface area contributed by atoms with Crippen molar-refractivity contribution < 1.29 is 0 Å². The van der Waals surface area contributed by atoms with E-state index in [1.807, 2.05) is 12.4 Å². The average molecular weight is 248 g/mol. The zero-order valence-electron chi connectivity index (χ0n) is 11.9. The second kappa shape index (κ2) is 5.22. The van der Waals surface area contributed by atoms with Gasteiger partial charge in [-0.15, -0.1) is 0 Å². The topological polar surface area (TPSA) is 41.1 Å². The molecule has 0 spiro atoms. The Balaban J connectivity index is 1.97. The standard InChI is InChI=1S/C14H24N4/c1-11-6-5-7-18(11)13-10-15-12(8-16-13)9-17-14(2,3)4/h8,10-11,17H,5-7,9H2,1-4H3. The monoisotopic (exact) mass is 248 g/mol. The van der Waals surface area contributed by atoms with Crippen LogP contribution in [0.1, 0.15) is 46.2 Å². The van der Waals surface area contributed by atoms with Crippen LogP contribution < -0.4 is 10.2 Å². The Morgan fingerprint density at radius 3 is 2.61 bits per heavy atom. The van der Waals surface area contributed by atoms with Crippen LogP contribution in [0.15, 0.2) is 12.4 Å². The molecule has 1 aromatic heterocycles. The van der Waals surface area contributed by atoms with E-state index in [1.54, 1.807) is 0 Å². The molecule has 1 fully saturated rings. The first kappa shape index (κ1) is 13.3. The molecule has 0 aromatic carbocycles. The van der Waals surface area contributed by atoms with Crippen LogP contribution >= 0.6 is 0 Å². The molecule has 1 N–H and O–H groups in total. The summed E-state index contributed by atoms with van der Waals surface area (Å²) in [6.07, 6.45) is 6.31. The smallest absolute Gasteiger partial charge is 0.147 e. The minimum absolute atomic E-state index is 0.115. The van der Waals surface area contributed by atoms with E-state index in [0.29, 0.717) is 6.04 Å². The maximum atomic E-state index is 4.54. The van der Waals surface area contributed by atoms with Gasteiger partial charge in [-0.25, -0.2) is 4.98 Å². The van der Waals surface area contributed by atoms with E-state index >= 15 is 0 Å². The van der Waals surface area contributed by atoms with Crippen LogP contribution in [0.25, 0.3) is 0 Å². The molecule has 2 heterocycles. The highest BCUT2D eigenvalue weighted by Gasteiger charge is 2.21. The summed E-state index contributed by atoms with van der Waals surface area (Å²) in [6.45, 7) is 10.6. The summed E-state index contributed by atoms with van der Waals surface area (Å²) in [5.74, 6) is 1.01. The molecule has 1 aromatic rings. The summed E-state index contributed by atoms with van der Waals surface area (Å²) in [5.41, 5.74) is 1.12. The van der Waals surface area contributed by atoms with Gasteiger partial charge in [-0.05, 0) is 40.5 Å². The number of anilines is 1. The fraction of sp³-hybridized carbons (Fsp3) is 0.714. The van der Waals surface area contributed by atoms with Crippen molar-refractivity contribution in [1.29, 1.82) is 0 Å². The van der Waals surface area contributed by atoms with Crippen LogP contribution in [-0.2, 0) is 6.54 Å². The molecule has 100 valence electrons. The second-order valence-corrected chi connectivity index (χ2v) is 6.15. The molecule has 1 aliphatic heterocycles. The lowest BCUT2D eigenvalue weighted by atomic mass is 10.1. The van der Waals surface area contributed by atoms with Crippen molar-refractivity contribution in [2.75, 3.05) is 11.4 Å². The molecule has 0 aliphatic carbocycles. The van der Waals surface area contributed by atoms with E-state index in [9.17, 15) is 0 Å². The molecule has 0 saturated carbocycles. The molecule has 1 aliphatic rings.